The minimum Gasteiger partial charge on any atom is -0.308 e. The van der Waals surface area contributed by atoms with Gasteiger partial charge in [0.25, 0.3) is 0 Å². The van der Waals surface area contributed by atoms with Gasteiger partial charge in [0, 0.05) is 43.3 Å². The number of para-hydroxylation sites is 2. The molecule has 1 aliphatic rings. The Balaban J connectivity index is 1.14. The molecule has 0 amide bonds. The van der Waals surface area contributed by atoms with E-state index in [0.717, 1.165) is 44.3 Å². The Morgan fingerprint density at radius 2 is 1.12 bits per heavy atom. The van der Waals surface area contributed by atoms with E-state index in [4.69, 9.17) is 9.97 Å². The van der Waals surface area contributed by atoms with Crippen molar-refractivity contribution >= 4 is 76.1 Å². The van der Waals surface area contributed by atoms with E-state index in [0.29, 0.717) is 5.95 Å². The SMILES string of the molecule is CC1(C)c2ccccc2-c2ccc(-c3nc(-n4c5cc6ccccc6cc5c5c(-n6c7ccccc7c7ccc8ccccc8c76)cccc54)nc4ccccc34)cc21. The monoisotopic (exact) mass is 752 g/mol. The summed E-state index contributed by atoms with van der Waals surface area (Å²) in [5.41, 5.74) is 13.8. The van der Waals surface area contributed by atoms with Gasteiger partial charge in [0.2, 0.25) is 5.95 Å². The molecular weight excluding hydrogens is 717 g/mol. The van der Waals surface area contributed by atoms with Gasteiger partial charge < -0.3 is 4.57 Å². The second-order valence-corrected chi connectivity index (χ2v) is 16.6. The van der Waals surface area contributed by atoms with Crippen molar-refractivity contribution in [2.24, 2.45) is 0 Å². The number of hydrogen-bond donors (Lipinski definition) is 0. The number of aromatic nitrogens is 4. The van der Waals surface area contributed by atoms with Crippen LogP contribution in [0.25, 0.3) is 110 Å². The third-order valence-electron chi connectivity index (χ3n) is 13.1. The molecule has 0 unspecified atom stereocenters. The van der Waals surface area contributed by atoms with E-state index in [1.54, 1.807) is 0 Å². The Morgan fingerprint density at radius 1 is 0.424 bits per heavy atom. The molecule has 0 spiro atoms. The molecule has 0 N–H and O–H groups in total. The fourth-order valence-corrected chi connectivity index (χ4v) is 10.4. The summed E-state index contributed by atoms with van der Waals surface area (Å²) in [6.45, 7) is 4.68. The Bertz CT molecular complexity index is 3770. The molecule has 0 saturated carbocycles. The van der Waals surface area contributed by atoms with Crippen molar-refractivity contribution in [3.63, 3.8) is 0 Å². The van der Waals surface area contributed by atoms with E-state index < -0.39 is 0 Å². The number of nitrogens with zero attached hydrogens (tertiary/aromatic N) is 4. The minimum atomic E-state index is -0.129. The van der Waals surface area contributed by atoms with Crippen LogP contribution < -0.4 is 0 Å². The molecule has 0 radical (unpaired) electrons. The van der Waals surface area contributed by atoms with Crippen LogP contribution in [0.15, 0.2) is 182 Å². The lowest BCUT2D eigenvalue weighted by atomic mass is 9.82. The van der Waals surface area contributed by atoms with Crippen molar-refractivity contribution in [2.75, 3.05) is 0 Å². The van der Waals surface area contributed by atoms with Crippen LogP contribution in [0.5, 0.6) is 0 Å². The molecule has 276 valence electrons. The Kier molecular flexibility index (Phi) is 6.48. The zero-order valence-electron chi connectivity index (χ0n) is 32.6. The average molecular weight is 753 g/mol. The second kappa shape index (κ2) is 11.7. The number of fused-ring (bicyclic) bond motifs is 13. The van der Waals surface area contributed by atoms with Crippen LogP contribution in [-0.2, 0) is 5.41 Å². The highest BCUT2D eigenvalue weighted by molar-refractivity contribution is 6.22. The quantitative estimate of drug-likeness (QED) is 0.180. The molecule has 0 saturated heterocycles. The lowest BCUT2D eigenvalue weighted by molar-refractivity contribution is 0.660. The Hall–Kier alpha value is -7.56. The standard InChI is InChI=1S/C55H36N4/c1-55(2)44-21-10-7-18-38(44)39-28-27-36(31-45(39)55)52-42-20-8-11-22-46(42)56-54(57-52)59-49-25-13-24-48(51(49)43-30-34-15-3-4-16-35(34)32-50(43)59)58-47-23-12-9-19-40(47)41-29-26-33-14-5-6-17-37(33)53(41)58/h3-32H,1-2H3. The highest BCUT2D eigenvalue weighted by Gasteiger charge is 2.35. The first-order valence-electron chi connectivity index (χ1n) is 20.4. The van der Waals surface area contributed by atoms with Gasteiger partial charge >= 0.3 is 0 Å². The van der Waals surface area contributed by atoms with E-state index in [9.17, 15) is 0 Å². The van der Waals surface area contributed by atoms with Gasteiger partial charge in [0.1, 0.15) is 0 Å². The molecular formula is C55H36N4. The smallest absolute Gasteiger partial charge is 0.235 e. The summed E-state index contributed by atoms with van der Waals surface area (Å²) in [6, 6.07) is 66.4. The minimum absolute atomic E-state index is 0.129. The first-order valence-corrected chi connectivity index (χ1v) is 20.4. The van der Waals surface area contributed by atoms with E-state index in [-0.39, 0.29) is 5.41 Å². The van der Waals surface area contributed by atoms with Crippen LogP contribution in [0, 0.1) is 0 Å². The van der Waals surface area contributed by atoms with Gasteiger partial charge in [-0.05, 0) is 80.9 Å². The molecule has 12 aromatic rings. The first kappa shape index (κ1) is 32.5. The number of rotatable bonds is 3. The molecule has 0 aliphatic heterocycles. The topological polar surface area (TPSA) is 35.6 Å². The van der Waals surface area contributed by atoms with Crippen LogP contribution in [0.2, 0.25) is 0 Å². The molecule has 4 heteroatoms. The van der Waals surface area contributed by atoms with Gasteiger partial charge in [-0.15, -0.1) is 0 Å². The van der Waals surface area contributed by atoms with Crippen LogP contribution >= 0.6 is 0 Å². The predicted octanol–water partition coefficient (Wildman–Crippen LogP) is 14.1. The molecule has 0 bridgehead atoms. The largest absolute Gasteiger partial charge is 0.308 e. The summed E-state index contributed by atoms with van der Waals surface area (Å²) in [6.07, 6.45) is 0. The highest BCUT2D eigenvalue weighted by Crippen LogP contribution is 2.50. The summed E-state index contributed by atoms with van der Waals surface area (Å²) in [4.78, 5) is 11.0. The third kappa shape index (κ3) is 4.43. The van der Waals surface area contributed by atoms with Gasteiger partial charge in [0.15, 0.2) is 0 Å². The lowest BCUT2D eigenvalue weighted by Crippen LogP contribution is -2.15. The zero-order chi connectivity index (χ0) is 39.0. The van der Waals surface area contributed by atoms with Crippen LogP contribution in [0.3, 0.4) is 0 Å². The maximum absolute atomic E-state index is 5.59. The van der Waals surface area contributed by atoms with Crippen LogP contribution in [0.1, 0.15) is 25.0 Å². The summed E-state index contributed by atoms with van der Waals surface area (Å²) in [7, 11) is 0. The molecule has 3 heterocycles. The molecule has 0 atom stereocenters. The Morgan fingerprint density at radius 3 is 2.00 bits per heavy atom. The summed E-state index contributed by atoms with van der Waals surface area (Å²) in [5.74, 6) is 0.654. The van der Waals surface area contributed by atoms with Crippen molar-refractivity contribution in [3.8, 4) is 34.0 Å². The summed E-state index contributed by atoms with van der Waals surface area (Å²) in [5, 5.41) is 10.7. The van der Waals surface area contributed by atoms with Gasteiger partial charge in [0.05, 0.1) is 39.0 Å². The molecule has 9 aromatic carbocycles. The molecule has 4 nitrogen and oxygen atoms in total. The normalized spacial score (nSPS) is 13.4. The van der Waals surface area contributed by atoms with Crippen LogP contribution in [-0.4, -0.2) is 19.1 Å². The Labute approximate surface area is 340 Å². The average Bonchev–Trinajstić information content (AvgIpc) is 3.88. The summed E-state index contributed by atoms with van der Waals surface area (Å²) < 4.78 is 4.79. The van der Waals surface area contributed by atoms with E-state index in [1.807, 2.05) is 0 Å². The lowest BCUT2D eigenvalue weighted by Gasteiger charge is -2.22. The fraction of sp³-hybridized carbons (Fsp3) is 0.0545. The van der Waals surface area contributed by atoms with E-state index in [2.05, 4.69) is 205 Å². The zero-order valence-corrected chi connectivity index (χ0v) is 32.6. The predicted molar refractivity (Wildman–Crippen MR) is 246 cm³/mol. The van der Waals surface area contributed by atoms with E-state index in [1.165, 1.54) is 71.0 Å². The molecule has 1 aliphatic carbocycles. The van der Waals surface area contributed by atoms with Gasteiger partial charge in [-0.25, -0.2) is 9.97 Å². The van der Waals surface area contributed by atoms with Gasteiger partial charge in [-0.1, -0.05) is 153 Å². The second-order valence-electron chi connectivity index (χ2n) is 16.6. The molecule has 3 aromatic heterocycles. The van der Waals surface area contributed by atoms with Crippen molar-refractivity contribution < 1.29 is 0 Å². The fourth-order valence-electron chi connectivity index (χ4n) is 10.4. The van der Waals surface area contributed by atoms with Crippen molar-refractivity contribution in [3.05, 3.63) is 193 Å². The molecule has 0 fully saturated rings. The number of hydrogen-bond acceptors (Lipinski definition) is 2. The highest BCUT2D eigenvalue weighted by atomic mass is 15.2. The first-order chi connectivity index (χ1) is 29.0. The maximum Gasteiger partial charge on any atom is 0.235 e. The maximum atomic E-state index is 5.59. The number of benzene rings is 9. The van der Waals surface area contributed by atoms with Gasteiger partial charge in [-0.2, -0.15) is 0 Å². The van der Waals surface area contributed by atoms with Crippen molar-refractivity contribution in [1.29, 1.82) is 0 Å². The van der Waals surface area contributed by atoms with Crippen LogP contribution in [0.4, 0.5) is 0 Å². The van der Waals surface area contributed by atoms with E-state index >= 15 is 0 Å². The summed E-state index contributed by atoms with van der Waals surface area (Å²) >= 11 is 0. The molecule has 59 heavy (non-hydrogen) atoms. The van der Waals surface area contributed by atoms with Gasteiger partial charge in [-0.3, -0.25) is 4.57 Å². The molecule has 13 rings (SSSR count). The van der Waals surface area contributed by atoms with Crippen molar-refractivity contribution in [1.82, 2.24) is 19.1 Å². The third-order valence-corrected chi connectivity index (χ3v) is 13.1. The van der Waals surface area contributed by atoms with Crippen molar-refractivity contribution in [2.45, 2.75) is 19.3 Å².